The maximum absolute atomic E-state index is 11.9. The molecule has 0 spiro atoms. The number of hydrogen-bond acceptors (Lipinski definition) is 3. The number of carboxylic acid groups (broad SMARTS) is 1. The van der Waals surface area contributed by atoms with E-state index in [9.17, 15) is 9.59 Å². The molecule has 0 aliphatic rings. The van der Waals surface area contributed by atoms with Gasteiger partial charge in [-0.2, -0.15) is 0 Å². The molecular formula is C13H17NO4. The average molecular weight is 251 g/mol. The summed E-state index contributed by atoms with van der Waals surface area (Å²) in [6, 6.07) is 4.53. The van der Waals surface area contributed by atoms with Crippen molar-refractivity contribution >= 4 is 17.6 Å². The molecule has 1 aromatic rings. The van der Waals surface area contributed by atoms with E-state index in [1.165, 1.54) is 19.2 Å². The van der Waals surface area contributed by atoms with Crippen molar-refractivity contribution in [1.29, 1.82) is 0 Å². The quantitative estimate of drug-likeness (QED) is 0.858. The summed E-state index contributed by atoms with van der Waals surface area (Å²) in [7, 11) is 1.46. The zero-order valence-electron chi connectivity index (χ0n) is 10.9. The van der Waals surface area contributed by atoms with E-state index < -0.39 is 11.6 Å². The predicted molar refractivity (Wildman–Crippen MR) is 67.9 cm³/mol. The topological polar surface area (TPSA) is 75.6 Å². The third-order valence-electron chi connectivity index (χ3n) is 2.78. The molecule has 0 saturated carbocycles. The summed E-state index contributed by atoms with van der Waals surface area (Å²) in [5, 5.41) is 11.6. The molecule has 0 atom stereocenters. The van der Waals surface area contributed by atoms with Crippen molar-refractivity contribution in [1.82, 2.24) is 0 Å². The van der Waals surface area contributed by atoms with E-state index in [4.69, 9.17) is 9.84 Å². The van der Waals surface area contributed by atoms with Gasteiger partial charge in [0.05, 0.1) is 5.56 Å². The van der Waals surface area contributed by atoms with E-state index in [1.807, 2.05) is 0 Å². The Morgan fingerprint density at radius 2 is 1.94 bits per heavy atom. The number of ether oxygens (including phenoxy) is 1. The molecule has 0 bridgehead atoms. The van der Waals surface area contributed by atoms with Crippen molar-refractivity contribution in [2.24, 2.45) is 0 Å². The highest BCUT2D eigenvalue weighted by Gasteiger charge is 2.27. The Kier molecular flexibility index (Phi) is 4.08. The van der Waals surface area contributed by atoms with Gasteiger partial charge in [-0.15, -0.1) is 0 Å². The summed E-state index contributed by atoms with van der Waals surface area (Å²) in [5.41, 5.74) is 0.527. The smallest absolute Gasteiger partial charge is 0.335 e. The Hall–Kier alpha value is -1.88. The molecule has 98 valence electrons. The van der Waals surface area contributed by atoms with Gasteiger partial charge in [-0.25, -0.2) is 4.79 Å². The normalized spacial score (nSPS) is 11.1. The summed E-state index contributed by atoms with van der Waals surface area (Å²) >= 11 is 0. The standard InChI is InChI=1S/C13H17NO4/c1-8-7-9(11(15)16)5-6-10(8)14-12(17)13(2,3)18-4/h5-7H,1-4H3,(H,14,17)(H,15,16). The minimum Gasteiger partial charge on any atom is -0.478 e. The summed E-state index contributed by atoms with van der Waals surface area (Å²) in [6.07, 6.45) is 0. The van der Waals surface area contributed by atoms with Crippen LogP contribution in [0.4, 0.5) is 5.69 Å². The number of carbonyl (C=O) groups is 2. The van der Waals surface area contributed by atoms with Gasteiger partial charge in [-0.3, -0.25) is 4.79 Å². The highest BCUT2D eigenvalue weighted by molar-refractivity contribution is 5.98. The maximum atomic E-state index is 11.9. The number of carboxylic acids is 1. The van der Waals surface area contributed by atoms with Crippen molar-refractivity contribution in [3.63, 3.8) is 0 Å². The molecule has 18 heavy (non-hydrogen) atoms. The SMILES string of the molecule is COC(C)(C)C(=O)Nc1ccc(C(=O)O)cc1C. The molecule has 5 heteroatoms. The molecule has 1 amide bonds. The molecule has 0 aliphatic heterocycles. The second kappa shape index (κ2) is 5.18. The highest BCUT2D eigenvalue weighted by Crippen LogP contribution is 2.19. The molecule has 0 aromatic heterocycles. The number of aryl methyl sites for hydroxylation is 1. The monoisotopic (exact) mass is 251 g/mol. The summed E-state index contributed by atoms with van der Waals surface area (Å²) < 4.78 is 5.07. The zero-order valence-corrected chi connectivity index (χ0v) is 10.9. The average Bonchev–Trinajstić information content (AvgIpc) is 2.31. The van der Waals surface area contributed by atoms with Crippen LogP contribution in [-0.4, -0.2) is 29.7 Å². The van der Waals surface area contributed by atoms with Gasteiger partial charge in [0.2, 0.25) is 0 Å². The van der Waals surface area contributed by atoms with Crippen LogP contribution in [0.25, 0.3) is 0 Å². The lowest BCUT2D eigenvalue weighted by molar-refractivity contribution is -0.133. The zero-order chi connectivity index (χ0) is 13.9. The number of rotatable bonds is 4. The number of benzene rings is 1. The fraction of sp³-hybridized carbons (Fsp3) is 0.385. The van der Waals surface area contributed by atoms with Crippen LogP contribution < -0.4 is 5.32 Å². The molecule has 0 saturated heterocycles. The lowest BCUT2D eigenvalue weighted by Crippen LogP contribution is -2.38. The van der Waals surface area contributed by atoms with Crippen molar-refractivity contribution < 1.29 is 19.4 Å². The molecule has 0 heterocycles. The number of amides is 1. The predicted octanol–water partition coefficient (Wildman–Crippen LogP) is 2.06. The minimum absolute atomic E-state index is 0.191. The van der Waals surface area contributed by atoms with Gasteiger partial charge in [0.25, 0.3) is 5.91 Å². The molecule has 2 N–H and O–H groups in total. The van der Waals surface area contributed by atoms with Crippen LogP contribution in [0.1, 0.15) is 29.8 Å². The number of hydrogen-bond donors (Lipinski definition) is 2. The molecule has 0 aliphatic carbocycles. The van der Waals surface area contributed by atoms with E-state index in [1.54, 1.807) is 26.8 Å². The third kappa shape index (κ3) is 3.07. The number of methoxy groups -OCH3 is 1. The van der Waals surface area contributed by atoms with Crippen LogP contribution in [0.5, 0.6) is 0 Å². The van der Waals surface area contributed by atoms with Crippen molar-refractivity contribution in [2.75, 3.05) is 12.4 Å². The van der Waals surface area contributed by atoms with Crippen LogP contribution in [0, 0.1) is 6.92 Å². The molecule has 0 fully saturated rings. The Morgan fingerprint density at radius 3 is 2.39 bits per heavy atom. The van der Waals surface area contributed by atoms with E-state index in [0.29, 0.717) is 11.3 Å². The number of carbonyl (C=O) groups excluding carboxylic acids is 1. The second-order valence-corrected chi connectivity index (χ2v) is 4.50. The van der Waals surface area contributed by atoms with Crippen molar-refractivity contribution in [2.45, 2.75) is 26.4 Å². The molecule has 1 rings (SSSR count). The van der Waals surface area contributed by atoms with Gasteiger partial charge in [0.1, 0.15) is 5.60 Å². The van der Waals surface area contributed by atoms with Crippen molar-refractivity contribution in [3.05, 3.63) is 29.3 Å². The highest BCUT2D eigenvalue weighted by atomic mass is 16.5. The summed E-state index contributed by atoms with van der Waals surface area (Å²) in [6.45, 7) is 5.05. The van der Waals surface area contributed by atoms with E-state index in [0.717, 1.165) is 0 Å². The van der Waals surface area contributed by atoms with Crippen LogP contribution in [0.15, 0.2) is 18.2 Å². The van der Waals surface area contributed by atoms with Gasteiger partial charge in [0, 0.05) is 12.8 Å². The minimum atomic E-state index is -0.992. The number of nitrogens with one attached hydrogen (secondary N) is 1. The fourth-order valence-corrected chi connectivity index (χ4v) is 1.30. The van der Waals surface area contributed by atoms with Gasteiger partial charge in [-0.1, -0.05) is 0 Å². The molecule has 0 radical (unpaired) electrons. The lowest BCUT2D eigenvalue weighted by Gasteiger charge is -2.22. The molecule has 0 unspecified atom stereocenters. The van der Waals surface area contributed by atoms with Gasteiger partial charge >= 0.3 is 5.97 Å². The Balaban J connectivity index is 2.93. The number of aromatic carboxylic acids is 1. The van der Waals surface area contributed by atoms with Gasteiger partial charge in [-0.05, 0) is 44.5 Å². The van der Waals surface area contributed by atoms with Gasteiger partial charge in [0.15, 0.2) is 0 Å². The van der Waals surface area contributed by atoms with Crippen LogP contribution >= 0.6 is 0 Å². The first kappa shape index (κ1) is 14.2. The van der Waals surface area contributed by atoms with Crippen LogP contribution in [-0.2, 0) is 9.53 Å². The van der Waals surface area contributed by atoms with Crippen molar-refractivity contribution in [3.8, 4) is 0 Å². The first-order valence-corrected chi connectivity index (χ1v) is 5.48. The van der Waals surface area contributed by atoms with Crippen LogP contribution in [0.2, 0.25) is 0 Å². The Bertz CT molecular complexity index is 480. The molecular weight excluding hydrogens is 234 g/mol. The Labute approximate surface area is 106 Å². The largest absolute Gasteiger partial charge is 0.478 e. The van der Waals surface area contributed by atoms with Gasteiger partial charge < -0.3 is 15.2 Å². The summed E-state index contributed by atoms with van der Waals surface area (Å²) in [5.74, 6) is -1.27. The summed E-state index contributed by atoms with van der Waals surface area (Å²) in [4.78, 5) is 22.7. The van der Waals surface area contributed by atoms with E-state index in [2.05, 4.69) is 5.32 Å². The Morgan fingerprint density at radius 1 is 1.33 bits per heavy atom. The van der Waals surface area contributed by atoms with E-state index >= 15 is 0 Å². The molecule has 5 nitrogen and oxygen atoms in total. The fourth-order valence-electron chi connectivity index (χ4n) is 1.30. The lowest BCUT2D eigenvalue weighted by atomic mass is 10.1. The number of anilines is 1. The van der Waals surface area contributed by atoms with Crippen LogP contribution in [0.3, 0.4) is 0 Å². The maximum Gasteiger partial charge on any atom is 0.335 e. The molecule has 1 aromatic carbocycles. The first-order chi connectivity index (χ1) is 8.27. The van der Waals surface area contributed by atoms with E-state index in [-0.39, 0.29) is 11.5 Å². The first-order valence-electron chi connectivity index (χ1n) is 5.48. The second-order valence-electron chi connectivity index (χ2n) is 4.50. The third-order valence-corrected chi connectivity index (χ3v) is 2.78.